The molecule has 8 rings (SSSR count). The zero-order chi connectivity index (χ0) is 32.0. The molecule has 47 heavy (non-hydrogen) atoms. The second kappa shape index (κ2) is 11.5. The van der Waals surface area contributed by atoms with Gasteiger partial charge in [0.1, 0.15) is 0 Å². The molecule has 2 aromatic heterocycles. The molecule has 2 heterocycles. The number of fused-ring (bicyclic) bond motifs is 3. The van der Waals surface area contributed by atoms with Gasteiger partial charge in [-0.3, -0.25) is 0 Å². The van der Waals surface area contributed by atoms with E-state index in [0.29, 0.717) is 17.5 Å². The minimum atomic E-state index is -0.171. The molecule has 0 spiro atoms. The molecule has 0 aliphatic carbocycles. The summed E-state index contributed by atoms with van der Waals surface area (Å²) in [5.74, 6) is 1.95. The van der Waals surface area contributed by atoms with Gasteiger partial charge in [-0.1, -0.05) is 141 Å². The Kier molecular flexibility index (Phi) is 6.99. The molecule has 0 atom stereocenters. The maximum Gasteiger partial charge on any atom is 0.164 e. The SMILES string of the molecule is Cc1ccccc1C(C)(C)c1ccc2c3ccccc3n(-c3cccc(-c4nc(-c5ccccc5)nc(-c5ccccc5)n4)c3)c2c1. The van der Waals surface area contributed by atoms with Gasteiger partial charge in [0.15, 0.2) is 17.5 Å². The Morgan fingerprint density at radius 1 is 0.468 bits per heavy atom. The van der Waals surface area contributed by atoms with Gasteiger partial charge in [0.2, 0.25) is 0 Å². The number of aromatic nitrogens is 4. The maximum absolute atomic E-state index is 5.00. The van der Waals surface area contributed by atoms with Gasteiger partial charge in [-0.2, -0.15) is 0 Å². The summed E-state index contributed by atoms with van der Waals surface area (Å²) in [5.41, 5.74) is 9.97. The zero-order valence-corrected chi connectivity index (χ0v) is 26.7. The van der Waals surface area contributed by atoms with Crippen molar-refractivity contribution in [3.05, 3.63) is 168 Å². The highest BCUT2D eigenvalue weighted by Gasteiger charge is 2.26. The van der Waals surface area contributed by atoms with Gasteiger partial charge in [-0.15, -0.1) is 0 Å². The monoisotopic (exact) mass is 606 g/mol. The van der Waals surface area contributed by atoms with Crippen molar-refractivity contribution >= 4 is 21.8 Å². The lowest BCUT2D eigenvalue weighted by molar-refractivity contribution is 0.637. The van der Waals surface area contributed by atoms with Crippen molar-refractivity contribution in [3.63, 3.8) is 0 Å². The summed E-state index contributed by atoms with van der Waals surface area (Å²) in [4.78, 5) is 14.9. The summed E-state index contributed by atoms with van der Waals surface area (Å²) in [6.45, 7) is 6.84. The van der Waals surface area contributed by atoms with Crippen LogP contribution in [0.4, 0.5) is 0 Å². The predicted molar refractivity (Wildman–Crippen MR) is 194 cm³/mol. The third-order valence-corrected chi connectivity index (χ3v) is 9.28. The molecule has 226 valence electrons. The molecule has 0 unspecified atom stereocenters. The van der Waals surface area contributed by atoms with Crippen LogP contribution in [0, 0.1) is 6.92 Å². The fraction of sp³-hybridized carbons (Fsp3) is 0.0930. The van der Waals surface area contributed by atoms with E-state index < -0.39 is 0 Å². The number of hydrogen-bond acceptors (Lipinski definition) is 3. The van der Waals surface area contributed by atoms with E-state index in [-0.39, 0.29) is 5.41 Å². The average molecular weight is 607 g/mol. The second-order valence-corrected chi connectivity index (χ2v) is 12.6. The first kappa shape index (κ1) is 28.6. The second-order valence-electron chi connectivity index (χ2n) is 12.6. The lowest BCUT2D eigenvalue weighted by atomic mass is 9.76. The topological polar surface area (TPSA) is 43.6 Å². The highest BCUT2D eigenvalue weighted by molar-refractivity contribution is 6.09. The molecular formula is C43H34N4. The Labute approximate surface area is 275 Å². The Balaban J connectivity index is 1.32. The third-order valence-electron chi connectivity index (χ3n) is 9.28. The van der Waals surface area contributed by atoms with Crippen molar-refractivity contribution < 1.29 is 0 Å². The Morgan fingerprint density at radius 2 is 1.02 bits per heavy atom. The van der Waals surface area contributed by atoms with Crippen LogP contribution < -0.4 is 0 Å². The number of para-hydroxylation sites is 1. The quantitative estimate of drug-likeness (QED) is 0.189. The van der Waals surface area contributed by atoms with Crippen LogP contribution in [-0.4, -0.2) is 19.5 Å². The van der Waals surface area contributed by atoms with E-state index in [1.54, 1.807) is 0 Å². The summed E-state index contributed by atoms with van der Waals surface area (Å²) in [7, 11) is 0. The van der Waals surface area contributed by atoms with Crippen molar-refractivity contribution in [2.45, 2.75) is 26.2 Å². The van der Waals surface area contributed by atoms with E-state index in [0.717, 1.165) is 27.9 Å². The highest BCUT2D eigenvalue weighted by Crippen LogP contribution is 2.39. The average Bonchev–Trinajstić information content (AvgIpc) is 3.46. The molecule has 8 aromatic rings. The summed E-state index contributed by atoms with van der Waals surface area (Å²) >= 11 is 0. The first-order valence-electron chi connectivity index (χ1n) is 16.0. The normalized spacial score (nSPS) is 11.7. The molecule has 0 aliphatic heterocycles. The van der Waals surface area contributed by atoms with Gasteiger partial charge in [0.25, 0.3) is 0 Å². The van der Waals surface area contributed by atoms with Crippen LogP contribution in [-0.2, 0) is 5.41 Å². The van der Waals surface area contributed by atoms with E-state index in [1.807, 2.05) is 60.7 Å². The first-order valence-corrected chi connectivity index (χ1v) is 16.0. The van der Waals surface area contributed by atoms with Gasteiger partial charge in [0.05, 0.1) is 11.0 Å². The standard InChI is InChI=1S/C43H34N4/c1-29-15-10-12-23-37(29)43(2,3)33-25-26-36-35-22-11-13-24-38(35)47(39(36)28-33)34-21-14-20-32(27-34)42-45-40(30-16-6-4-7-17-30)44-41(46-42)31-18-8-5-9-19-31/h4-28H,1-3H3. The number of nitrogens with zero attached hydrogens (tertiary/aromatic N) is 4. The number of hydrogen-bond donors (Lipinski definition) is 0. The molecule has 0 saturated carbocycles. The van der Waals surface area contributed by atoms with Crippen molar-refractivity contribution in [2.24, 2.45) is 0 Å². The molecule has 0 aliphatic rings. The van der Waals surface area contributed by atoms with Gasteiger partial charge in [-0.25, -0.2) is 15.0 Å². The number of aryl methyl sites for hydroxylation is 1. The molecule has 6 aromatic carbocycles. The van der Waals surface area contributed by atoms with Crippen LogP contribution in [0.15, 0.2) is 152 Å². The van der Waals surface area contributed by atoms with E-state index in [9.17, 15) is 0 Å². The van der Waals surface area contributed by atoms with Crippen LogP contribution in [0.2, 0.25) is 0 Å². The van der Waals surface area contributed by atoms with Gasteiger partial charge in [0, 0.05) is 38.6 Å². The number of benzene rings is 6. The Morgan fingerprint density at radius 3 is 1.70 bits per heavy atom. The van der Waals surface area contributed by atoms with Gasteiger partial charge in [-0.05, 0) is 47.9 Å². The summed E-state index contributed by atoms with van der Waals surface area (Å²) < 4.78 is 2.38. The van der Waals surface area contributed by atoms with Crippen LogP contribution in [0.5, 0.6) is 0 Å². The molecule has 0 N–H and O–H groups in total. The van der Waals surface area contributed by atoms with Crippen LogP contribution >= 0.6 is 0 Å². The van der Waals surface area contributed by atoms with Crippen LogP contribution in [0.25, 0.3) is 61.7 Å². The third kappa shape index (κ3) is 5.08. The molecule has 0 bridgehead atoms. The van der Waals surface area contributed by atoms with Crippen molar-refractivity contribution in [1.29, 1.82) is 0 Å². The van der Waals surface area contributed by atoms with E-state index in [4.69, 9.17) is 15.0 Å². The fourth-order valence-corrected chi connectivity index (χ4v) is 6.79. The lowest BCUT2D eigenvalue weighted by Gasteiger charge is -2.28. The van der Waals surface area contributed by atoms with E-state index >= 15 is 0 Å². The fourth-order valence-electron chi connectivity index (χ4n) is 6.79. The smallest absolute Gasteiger partial charge is 0.164 e. The molecule has 0 amide bonds. The van der Waals surface area contributed by atoms with E-state index in [2.05, 4.69) is 116 Å². The van der Waals surface area contributed by atoms with Crippen LogP contribution in [0.3, 0.4) is 0 Å². The zero-order valence-electron chi connectivity index (χ0n) is 26.7. The molecule has 4 nitrogen and oxygen atoms in total. The van der Waals surface area contributed by atoms with Crippen LogP contribution in [0.1, 0.15) is 30.5 Å². The molecule has 0 fully saturated rings. The largest absolute Gasteiger partial charge is 0.309 e. The predicted octanol–water partition coefficient (Wildman–Crippen LogP) is 10.6. The summed E-state index contributed by atoms with van der Waals surface area (Å²) in [5, 5.41) is 2.46. The minimum Gasteiger partial charge on any atom is -0.309 e. The minimum absolute atomic E-state index is 0.171. The van der Waals surface area contributed by atoms with Gasteiger partial charge >= 0.3 is 0 Å². The first-order chi connectivity index (χ1) is 23.0. The Hall–Kier alpha value is -5.87. The van der Waals surface area contributed by atoms with Crippen molar-refractivity contribution in [2.75, 3.05) is 0 Å². The lowest BCUT2D eigenvalue weighted by Crippen LogP contribution is -2.20. The van der Waals surface area contributed by atoms with Crippen molar-refractivity contribution in [3.8, 4) is 39.9 Å². The molecule has 4 heteroatoms. The van der Waals surface area contributed by atoms with Crippen molar-refractivity contribution in [1.82, 2.24) is 19.5 Å². The maximum atomic E-state index is 5.00. The molecular weight excluding hydrogens is 573 g/mol. The summed E-state index contributed by atoms with van der Waals surface area (Å²) in [6.07, 6.45) is 0. The molecule has 0 radical (unpaired) electrons. The molecule has 0 saturated heterocycles. The highest BCUT2D eigenvalue weighted by atomic mass is 15.0. The summed E-state index contributed by atoms with van der Waals surface area (Å²) in [6, 6.07) is 53.1. The van der Waals surface area contributed by atoms with E-state index in [1.165, 1.54) is 33.0 Å². The van der Waals surface area contributed by atoms with Gasteiger partial charge < -0.3 is 4.57 Å². The Bertz CT molecular complexity index is 2330. The number of rotatable bonds is 6.